The van der Waals surface area contributed by atoms with Gasteiger partial charge in [-0.2, -0.15) is 0 Å². The van der Waals surface area contributed by atoms with Gasteiger partial charge in [0.25, 0.3) is 5.17 Å². The first-order chi connectivity index (χ1) is 12.7. The zero-order valence-corrected chi connectivity index (χ0v) is 16.6. The summed E-state index contributed by atoms with van der Waals surface area (Å²) in [5, 5.41) is 5.61. The highest BCUT2D eigenvalue weighted by Gasteiger charge is 2.48. The molecule has 1 amide bonds. The van der Waals surface area contributed by atoms with Crippen LogP contribution >= 0.6 is 11.8 Å². The Labute approximate surface area is 163 Å². The maximum absolute atomic E-state index is 13.0. The number of nitrogens with zero attached hydrogens (tertiary/aromatic N) is 1. The maximum atomic E-state index is 13.0. The number of benzene rings is 1. The summed E-state index contributed by atoms with van der Waals surface area (Å²) >= 11 is 1.08. The third kappa shape index (κ3) is 4.08. The van der Waals surface area contributed by atoms with Gasteiger partial charge in [-0.15, -0.1) is 0 Å². The molecule has 0 bridgehead atoms. The molecule has 6 nitrogen and oxygen atoms in total. The molecule has 1 heterocycles. The summed E-state index contributed by atoms with van der Waals surface area (Å²) in [7, 11) is 0. The highest BCUT2D eigenvalue weighted by atomic mass is 32.2. The van der Waals surface area contributed by atoms with Gasteiger partial charge in [-0.25, -0.2) is 0 Å². The van der Waals surface area contributed by atoms with Gasteiger partial charge in [0.15, 0.2) is 0 Å². The molecular weight excluding hydrogens is 362 g/mol. The molecule has 1 aromatic carbocycles. The number of ketones is 2. The summed E-state index contributed by atoms with van der Waals surface area (Å²) < 4.78 is 0. The predicted octanol–water partition coefficient (Wildman–Crippen LogP) is 0.494. The van der Waals surface area contributed by atoms with Crippen molar-refractivity contribution >= 4 is 34.4 Å². The Morgan fingerprint density at radius 3 is 2.52 bits per heavy atom. The quantitative estimate of drug-likeness (QED) is 0.445. The van der Waals surface area contributed by atoms with E-state index in [1.165, 1.54) is 0 Å². The van der Waals surface area contributed by atoms with Crippen LogP contribution < -0.4 is 11.1 Å². The highest BCUT2D eigenvalue weighted by Crippen LogP contribution is 2.43. The lowest BCUT2D eigenvalue weighted by Gasteiger charge is -2.43. The standard InChI is InChI=1S/C20H25N3O3S/c1-20(2)9-14(24)17(15(25)10-20)18-13-6-4-3-5-12(13)7-8-23(18)16(26)11-27-19(21)22/h3-6,17-18H,7-11H2,1-2H3,(H3,21,22)/p+1. The van der Waals surface area contributed by atoms with E-state index in [1.54, 1.807) is 4.90 Å². The Morgan fingerprint density at radius 2 is 1.89 bits per heavy atom. The van der Waals surface area contributed by atoms with Crippen LogP contribution in [0.5, 0.6) is 0 Å². The van der Waals surface area contributed by atoms with E-state index in [0.29, 0.717) is 25.8 Å². The van der Waals surface area contributed by atoms with E-state index in [0.717, 1.165) is 22.9 Å². The van der Waals surface area contributed by atoms with Crippen molar-refractivity contribution in [2.75, 3.05) is 12.3 Å². The lowest BCUT2D eigenvalue weighted by atomic mass is 9.67. The average Bonchev–Trinajstić information content (AvgIpc) is 2.58. The van der Waals surface area contributed by atoms with E-state index in [-0.39, 0.29) is 33.8 Å². The first-order valence-electron chi connectivity index (χ1n) is 9.13. The smallest absolute Gasteiger partial charge is 0.300 e. The van der Waals surface area contributed by atoms with Crippen molar-refractivity contribution in [2.45, 2.75) is 39.2 Å². The molecule has 0 aromatic heterocycles. The van der Waals surface area contributed by atoms with Crippen molar-refractivity contribution in [1.29, 1.82) is 0 Å². The van der Waals surface area contributed by atoms with Crippen LogP contribution in [0.15, 0.2) is 24.3 Å². The Bertz CT molecular complexity index is 785. The number of amidine groups is 1. The lowest BCUT2D eigenvalue weighted by Crippen LogP contribution is -2.51. The van der Waals surface area contributed by atoms with Crippen LogP contribution in [0.1, 0.15) is 43.9 Å². The van der Waals surface area contributed by atoms with Gasteiger partial charge in [-0.05, 0) is 34.7 Å². The molecule has 0 spiro atoms. The van der Waals surface area contributed by atoms with Gasteiger partial charge >= 0.3 is 0 Å². The number of hydrogen-bond donors (Lipinski definition) is 2. The summed E-state index contributed by atoms with van der Waals surface area (Å²) in [5.74, 6) is -1.01. The zero-order valence-electron chi connectivity index (χ0n) is 15.7. The van der Waals surface area contributed by atoms with Crippen LogP contribution in [-0.2, 0) is 20.8 Å². The maximum Gasteiger partial charge on any atom is 0.300 e. The number of carbonyl (C=O) groups is 3. The number of amides is 1. The number of hydrogen-bond acceptors (Lipinski definition) is 4. The summed E-state index contributed by atoms with van der Waals surface area (Å²) in [6, 6.07) is 7.23. The molecule has 3 rings (SSSR count). The van der Waals surface area contributed by atoms with Crippen molar-refractivity contribution in [1.82, 2.24) is 4.90 Å². The Morgan fingerprint density at radius 1 is 1.26 bits per heavy atom. The average molecular weight is 389 g/mol. The topological polar surface area (TPSA) is 106 Å². The van der Waals surface area contributed by atoms with Gasteiger partial charge in [-0.3, -0.25) is 25.5 Å². The largest absolute Gasteiger partial charge is 0.333 e. The summed E-state index contributed by atoms with van der Waals surface area (Å²) in [4.78, 5) is 40.5. The number of fused-ring (bicyclic) bond motifs is 1. The molecule has 2 aliphatic rings. The molecule has 7 heteroatoms. The van der Waals surface area contributed by atoms with E-state index in [1.807, 2.05) is 38.1 Å². The fourth-order valence-corrected chi connectivity index (χ4v) is 4.68. The molecule has 1 unspecified atom stereocenters. The second-order valence-electron chi connectivity index (χ2n) is 8.10. The molecular formula is C20H26N3O3S+. The van der Waals surface area contributed by atoms with E-state index >= 15 is 0 Å². The highest BCUT2D eigenvalue weighted by molar-refractivity contribution is 8.14. The molecule has 1 aliphatic heterocycles. The van der Waals surface area contributed by atoms with E-state index in [2.05, 4.69) is 0 Å². The lowest BCUT2D eigenvalue weighted by molar-refractivity contribution is -0.146. The Balaban J connectivity index is 1.98. The number of rotatable bonds is 3. The third-order valence-corrected chi connectivity index (χ3v) is 6.05. The van der Waals surface area contributed by atoms with Crippen molar-refractivity contribution < 1.29 is 19.8 Å². The number of Topliss-reactive ketones (excluding diaryl/α,β-unsaturated/α-hetero) is 2. The summed E-state index contributed by atoms with van der Waals surface area (Å²) in [6.45, 7) is 4.35. The van der Waals surface area contributed by atoms with Crippen LogP contribution in [0.3, 0.4) is 0 Å². The molecule has 0 saturated heterocycles. The fraction of sp³-hybridized carbons (Fsp3) is 0.500. The monoisotopic (exact) mass is 388 g/mol. The van der Waals surface area contributed by atoms with E-state index < -0.39 is 12.0 Å². The SMILES string of the molecule is CC1(C)CC(=O)C(C2c3ccccc3CCN2C(=O)CSC(N)=[NH2+])C(=O)C1. The minimum absolute atomic E-state index is 0.0756. The van der Waals surface area contributed by atoms with Crippen molar-refractivity contribution in [3.8, 4) is 0 Å². The van der Waals surface area contributed by atoms with Gasteiger partial charge in [0, 0.05) is 19.4 Å². The molecule has 27 heavy (non-hydrogen) atoms. The van der Waals surface area contributed by atoms with Crippen LogP contribution in [-0.4, -0.2) is 39.8 Å². The fourth-order valence-electron chi connectivity index (χ4n) is 4.22. The molecule has 1 atom stereocenters. The first kappa shape index (κ1) is 19.6. The van der Waals surface area contributed by atoms with E-state index in [9.17, 15) is 14.4 Å². The van der Waals surface area contributed by atoms with Gasteiger partial charge in [0.05, 0.1) is 11.8 Å². The normalized spacial score (nSPS) is 22.4. The number of nitrogens with two attached hydrogens (primary N) is 2. The van der Waals surface area contributed by atoms with Crippen LogP contribution in [0.2, 0.25) is 0 Å². The predicted molar refractivity (Wildman–Crippen MR) is 105 cm³/mol. The van der Waals surface area contributed by atoms with Crippen molar-refractivity contribution in [3.05, 3.63) is 35.4 Å². The van der Waals surface area contributed by atoms with Crippen LogP contribution in [0, 0.1) is 11.3 Å². The molecule has 1 fully saturated rings. The van der Waals surface area contributed by atoms with Crippen LogP contribution in [0.4, 0.5) is 0 Å². The summed E-state index contributed by atoms with van der Waals surface area (Å²) in [6.07, 6.45) is 1.40. The molecule has 1 aliphatic carbocycles. The number of carbonyl (C=O) groups excluding carboxylic acids is 3. The van der Waals surface area contributed by atoms with Gasteiger partial charge in [0.1, 0.15) is 17.5 Å². The Hall–Kier alpha value is -2.15. The molecule has 1 aromatic rings. The van der Waals surface area contributed by atoms with Crippen molar-refractivity contribution in [2.24, 2.45) is 17.1 Å². The van der Waals surface area contributed by atoms with Gasteiger partial charge in [0.2, 0.25) is 5.91 Å². The molecule has 1 saturated carbocycles. The minimum Gasteiger partial charge on any atom is -0.333 e. The first-order valence-corrected chi connectivity index (χ1v) is 10.1. The van der Waals surface area contributed by atoms with Crippen molar-refractivity contribution in [3.63, 3.8) is 0 Å². The Kier molecular flexibility index (Phi) is 5.42. The molecule has 144 valence electrons. The minimum atomic E-state index is -0.798. The zero-order chi connectivity index (χ0) is 19.8. The van der Waals surface area contributed by atoms with Gasteiger partial charge in [-0.1, -0.05) is 38.1 Å². The van der Waals surface area contributed by atoms with E-state index in [4.69, 9.17) is 11.1 Å². The molecule has 4 N–H and O–H groups in total. The third-order valence-electron chi connectivity index (χ3n) is 5.33. The molecule has 0 radical (unpaired) electrons. The second-order valence-corrected chi connectivity index (χ2v) is 9.15. The van der Waals surface area contributed by atoms with Gasteiger partial charge < -0.3 is 4.90 Å². The summed E-state index contributed by atoms with van der Waals surface area (Å²) in [5.41, 5.74) is 7.14. The van der Waals surface area contributed by atoms with Crippen LogP contribution in [0.25, 0.3) is 0 Å². The second kappa shape index (κ2) is 7.46. The number of thioether (sulfide) groups is 1.